The molecule has 1 amide bonds. The van der Waals surface area contributed by atoms with Gasteiger partial charge in [0, 0.05) is 18.7 Å². The summed E-state index contributed by atoms with van der Waals surface area (Å²) in [6, 6.07) is 5.10. The van der Waals surface area contributed by atoms with E-state index in [2.05, 4.69) is 10.3 Å². The van der Waals surface area contributed by atoms with Gasteiger partial charge >= 0.3 is 5.82 Å². The molecule has 120 valence electrons. The maximum Gasteiger partial charge on any atom is 0.381 e. The molecule has 9 nitrogen and oxygen atoms in total. The molecule has 1 N–H and O–H groups in total. The first-order chi connectivity index (χ1) is 11.0. The van der Waals surface area contributed by atoms with Gasteiger partial charge in [0.1, 0.15) is 26.0 Å². The van der Waals surface area contributed by atoms with Crippen molar-refractivity contribution in [1.29, 1.82) is 0 Å². The molecule has 1 aliphatic heterocycles. The van der Waals surface area contributed by atoms with E-state index in [9.17, 15) is 14.9 Å². The molecule has 2 heterocycles. The van der Waals surface area contributed by atoms with Gasteiger partial charge in [-0.1, -0.05) is 0 Å². The molecule has 9 heteroatoms. The number of aromatic nitrogens is 2. The van der Waals surface area contributed by atoms with E-state index < -0.39 is 4.92 Å². The van der Waals surface area contributed by atoms with Crippen LogP contribution in [0.4, 0.5) is 11.5 Å². The summed E-state index contributed by atoms with van der Waals surface area (Å²) in [5.41, 5.74) is 0.562. The number of nitro groups is 1. The number of imidazole rings is 1. The van der Waals surface area contributed by atoms with E-state index >= 15 is 0 Å². The monoisotopic (exact) mass is 318 g/mol. The summed E-state index contributed by atoms with van der Waals surface area (Å²) in [5.74, 6) is 1.000. The zero-order valence-electron chi connectivity index (χ0n) is 12.3. The molecule has 1 aliphatic rings. The summed E-state index contributed by atoms with van der Waals surface area (Å²) in [6.07, 6.45) is 1.23. The van der Waals surface area contributed by atoms with E-state index in [-0.39, 0.29) is 18.3 Å². The lowest BCUT2D eigenvalue weighted by atomic mass is 10.2. The third-order valence-corrected chi connectivity index (χ3v) is 3.29. The van der Waals surface area contributed by atoms with Crippen LogP contribution < -0.4 is 14.8 Å². The third-order valence-electron chi connectivity index (χ3n) is 3.29. The van der Waals surface area contributed by atoms with Crippen molar-refractivity contribution in [3.8, 4) is 11.5 Å². The Labute approximate surface area is 131 Å². The van der Waals surface area contributed by atoms with E-state index in [4.69, 9.17) is 9.47 Å². The first-order valence-corrected chi connectivity index (χ1v) is 6.90. The van der Waals surface area contributed by atoms with Crippen molar-refractivity contribution in [3.05, 3.63) is 40.3 Å². The van der Waals surface area contributed by atoms with Crippen LogP contribution in [0.3, 0.4) is 0 Å². The van der Waals surface area contributed by atoms with Gasteiger partial charge in [-0.2, -0.15) is 0 Å². The highest BCUT2D eigenvalue weighted by molar-refractivity contribution is 5.91. The third kappa shape index (κ3) is 3.23. The minimum Gasteiger partial charge on any atom is -0.486 e. The molecule has 0 fully saturated rings. The van der Waals surface area contributed by atoms with Crippen molar-refractivity contribution in [3.63, 3.8) is 0 Å². The van der Waals surface area contributed by atoms with Crippen molar-refractivity contribution in [2.75, 3.05) is 18.5 Å². The molecule has 0 bridgehead atoms. The molecule has 2 aromatic rings. The fourth-order valence-corrected chi connectivity index (χ4v) is 2.22. The minimum atomic E-state index is -0.595. The first kappa shape index (κ1) is 14.8. The van der Waals surface area contributed by atoms with Gasteiger partial charge in [-0.15, -0.1) is 0 Å². The Morgan fingerprint density at radius 3 is 2.83 bits per heavy atom. The number of hydrogen-bond acceptors (Lipinski definition) is 6. The van der Waals surface area contributed by atoms with Crippen LogP contribution in [-0.2, 0) is 11.3 Å². The van der Waals surface area contributed by atoms with E-state index in [1.54, 1.807) is 25.1 Å². The Balaban J connectivity index is 1.69. The molecule has 1 aromatic carbocycles. The number of carbonyl (C=O) groups excluding carboxylic acids is 1. The summed E-state index contributed by atoms with van der Waals surface area (Å²) in [4.78, 5) is 25.9. The average molecular weight is 318 g/mol. The number of nitrogens with one attached hydrogen (secondary N) is 1. The lowest BCUT2D eigenvalue weighted by molar-refractivity contribution is -0.389. The van der Waals surface area contributed by atoms with Crippen LogP contribution in [0.15, 0.2) is 24.4 Å². The van der Waals surface area contributed by atoms with Crippen LogP contribution in [0.2, 0.25) is 0 Å². The summed E-state index contributed by atoms with van der Waals surface area (Å²) in [6.45, 7) is 2.49. The van der Waals surface area contributed by atoms with Crippen molar-refractivity contribution >= 4 is 17.4 Å². The fourth-order valence-electron chi connectivity index (χ4n) is 2.22. The number of hydrogen-bond donors (Lipinski definition) is 1. The topological polar surface area (TPSA) is 109 Å². The highest BCUT2D eigenvalue weighted by Crippen LogP contribution is 2.32. The normalized spacial score (nSPS) is 12.7. The molecule has 0 unspecified atom stereocenters. The number of benzene rings is 1. The van der Waals surface area contributed by atoms with E-state index in [1.807, 2.05) is 0 Å². The molecule has 0 saturated carbocycles. The SMILES string of the molecule is Cc1nc([N+](=O)[O-])cn1CC(=O)Nc1ccc2c(c1)OCCO2. The van der Waals surface area contributed by atoms with Crippen LogP contribution in [0.5, 0.6) is 11.5 Å². The quantitative estimate of drug-likeness (QED) is 0.676. The highest BCUT2D eigenvalue weighted by Gasteiger charge is 2.17. The van der Waals surface area contributed by atoms with E-state index in [0.29, 0.717) is 36.2 Å². The standard InChI is InChI=1S/C14H14N4O5/c1-9-15-13(18(20)21)7-17(9)8-14(19)16-10-2-3-11-12(6-10)23-5-4-22-11/h2-3,6-7H,4-5,8H2,1H3,(H,16,19). The van der Waals surface area contributed by atoms with Gasteiger partial charge in [0.25, 0.3) is 0 Å². The lowest BCUT2D eigenvalue weighted by Gasteiger charge is -2.19. The molecule has 23 heavy (non-hydrogen) atoms. The Morgan fingerprint density at radius 2 is 2.13 bits per heavy atom. The van der Waals surface area contributed by atoms with Gasteiger partial charge in [0.2, 0.25) is 11.7 Å². The Hall–Kier alpha value is -3.10. The number of anilines is 1. The molecule has 0 radical (unpaired) electrons. The zero-order chi connectivity index (χ0) is 16.4. The Bertz CT molecular complexity index is 771. The first-order valence-electron chi connectivity index (χ1n) is 6.90. The summed E-state index contributed by atoms with van der Waals surface area (Å²) in [7, 11) is 0. The summed E-state index contributed by atoms with van der Waals surface area (Å²) >= 11 is 0. The number of nitrogens with zero attached hydrogens (tertiary/aromatic N) is 3. The largest absolute Gasteiger partial charge is 0.486 e. The maximum absolute atomic E-state index is 12.1. The molecular formula is C14H14N4O5. The molecule has 0 atom stereocenters. The van der Waals surface area contributed by atoms with Crippen LogP contribution in [-0.4, -0.2) is 33.6 Å². The second-order valence-electron chi connectivity index (χ2n) is 4.94. The van der Waals surface area contributed by atoms with Gasteiger partial charge in [0.05, 0.1) is 0 Å². The number of aryl methyl sites for hydroxylation is 1. The van der Waals surface area contributed by atoms with Crippen molar-refractivity contribution in [2.45, 2.75) is 13.5 Å². The fraction of sp³-hybridized carbons (Fsp3) is 0.286. The van der Waals surface area contributed by atoms with Crippen molar-refractivity contribution in [1.82, 2.24) is 9.55 Å². The van der Waals surface area contributed by atoms with Crippen molar-refractivity contribution in [2.24, 2.45) is 0 Å². The van der Waals surface area contributed by atoms with Crippen molar-refractivity contribution < 1.29 is 19.2 Å². The minimum absolute atomic E-state index is 0.0683. The van der Waals surface area contributed by atoms with Crippen LogP contribution in [0.25, 0.3) is 0 Å². The molecule has 0 saturated heterocycles. The molecular weight excluding hydrogens is 304 g/mol. The Morgan fingerprint density at radius 1 is 1.39 bits per heavy atom. The number of ether oxygens (including phenoxy) is 2. The number of amides is 1. The van der Waals surface area contributed by atoms with Gasteiger partial charge < -0.3 is 24.9 Å². The van der Waals surface area contributed by atoms with Gasteiger partial charge in [-0.3, -0.25) is 9.36 Å². The van der Waals surface area contributed by atoms with Gasteiger partial charge in [-0.05, 0) is 22.0 Å². The van der Waals surface area contributed by atoms with Crippen LogP contribution in [0, 0.1) is 17.0 Å². The maximum atomic E-state index is 12.1. The van der Waals surface area contributed by atoms with Crippen LogP contribution in [0.1, 0.15) is 5.82 Å². The Kier molecular flexibility index (Phi) is 3.83. The number of fused-ring (bicyclic) bond motifs is 1. The average Bonchev–Trinajstić information content (AvgIpc) is 2.88. The second kappa shape index (κ2) is 5.95. The van der Waals surface area contributed by atoms with E-state index in [1.165, 1.54) is 10.8 Å². The summed E-state index contributed by atoms with van der Waals surface area (Å²) in [5, 5.41) is 13.4. The predicted octanol–water partition coefficient (Wildman–Crippen LogP) is 1.51. The smallest absolute Gasteiger partial charge is 0.381 e. The van der Waals surface area contributed by atoms with Crippen LogP contribution >= 0.6 is 0 Å². The summed E-state index contributed by atoms with van der Waals surface area (Å²) < 4.78 is 12.3. The number of carbonyl (C=O) groups is 1. The molecule has 1 aromatic heterocycles. The lowest BCUT2D eigenvalue weighted by Crippen LogP contribution is -2.20. The highest BCUT2D eigenvalue weighted by atomic mass is 16.6. The molecule has 0 aliphatic carbocycles. The zero-order valence-corrected chi connectivity index (χ0v) is 12.3. The number of rotatable bonds is 4. The van der Waals surface area contributed by atoms with E-state index in [0.717, 1.165) is 0 Å². The van der Waals surface area contributed by atoms with Gasteiger partial charge in [-0.25, -0.2) is 0 Å². The second-order valence-corrected chi connectivity index (χ2v) is 4.94. The molecule has 0 spiro atoms. The molecule has 3 rings (SSSR count). The predicted molar refractivity (Wildman–Crippen MR) is 79.7 cm³/mol. The van der Waals surface area contributed by atoms with Gasteiger partial charge in [0.15, 0.2) is 11.5 Å².